The second-order valence-corrected chi connectivity index (χ2v) is 5.98. The van der Waals surface area contributed by atoms with Crippen molar-refractivity contribution >= 4 is 41.0 Å². The molecule has 2 aromatic rings. The maximum atomic E-state index is 4.59. The number of nitrogens with zero attached hydrogens (tertiary/aromatic N) is 2. The van der Waals surface area contributed by atoms with Gasteiger partial charge in [-0.1, -0.05) is 26.0 Å². The Morgan fingerprint density at radius 3 is 2.65 bits per heavy atom. The summed E-state index contributed by atoms with van der Waals surface area (Å²) < 4.78 is 0. The SMILES string of the molecule is CN=C(NCCCc1nc2ccccc2[nH]1)NC(C)C(C)C.I. The van der Waals surface area contributed by atoms with E-state index < -0.39 is 0 Å². The van der Waals surface area contributed by atoms with Crippen LogP contribution in [0, 0.1) is 5.92 Å². The molecular weight excluding hydrogens is 401 g/mol. The van der Waals surface area contributed by atoms with Crippen LogP contribution in [0.3, 0.4) is 0 Å². The first-order valence-corrected chi connectivity index (χ1v) is 8.01. The molecule has 6 heteroatoms. The second kappa shape index (κ2) is 9.75. The predicted molar refractivity (Wildman–Crippen MR) is 109 cm³/mol. The standard InChI is InChI=1S/C17H27N5.HI/c1-12(2)13(3)20-17(18-4)19-11-7-10-16-21-14-8-5-6-9-15(14)22-16;/h5-6,8-9,12-13H,7,10-11H2,1-4H3,(H,21,22)(H2,18,19,20);1H. The van der Waals surface area contributed by atoms with Gasteiger partial charge < -0.3 is 15.6 Å². The third-order valence-corrected chi connectivity index (χ3v) is 3.91. The molecule has 1 atom stereocenters. The molecule has 1 unspecified atom stereocenters. The first-order valence-electron chi connectivity index (χ1n) is 8.01. The van der Waals surface area contributed by atoms with Crippen molar-refractivity contribution < 1.29 is 0 Å². The highest BCUT2D eigenvalue weighted by atomic mass is 127. The Kier molecular flexibility index (Phi) is 8.36. The van der Waals surface area contributed by atoms with E-state index >= 15 is 0 Å². The first-order chi connectivity index (χ1) is 10.6. The number of hydrogen-bond acceptors (Lipinski definition) is 2. The van der Waals surface area contributed by atoms with Crippen LogP contribution in [0.1, 0.15) is 33.0 Å². The largest absolute Gasteiger partial charge is 0.356 e. The van der Waals surface area contributed by atoms with E-state index in [2.05, 4.69) is 52.4 Å². The number of H-pyrrole nitrogens is 1. The molecule has 0 saturated carbocycles. The van der Waals surface area contributed by atoms with Crippen LogP contribution in [0.5, 0.6) is 0 Å². The summed E-state index contributed by atoms with van der Waals surface area (Å²) in [6.07, 6.45) is 1.94. The number of aromatic nitrogens is 2. The zero-order valence-electron chi connectivity index (χ0n) is 14.4. The van der Waals surface area contributed by atoms with Gasteiger partial charge in [0.2, 0.25) is 0 Å². The monoisotopic (exact) mass is 429 g/mol. The Morgan fingerprint density at radius 2 is 2.00 bits per heavy atom. The van der Waals surface area contributed by atoms with Gasteiger partial charge in [0.05, 0.1) is 11.0 Å². The maximum Gasteiger partial charge on any atom is 0.191 e. The molecule has 0 fully saturated rings. The zero-order valence-corrected chi connectivity index (χ0v) is 16.7. The second-order valence-electron chi connectivity index (χ2n) is 5.98. The van der Waals surface area contributed by atoms with Gasteiger partial charge in [-0.15, -0.1) is 24.0 Å². The molecular formula is C17H28IN5. The van der Waals surface area contributed by atoms with Gasteiger partial charge in [0, 0.05) is 26.1 Å². The van der Waals surface area contributed by atoms with Crippen LogP contribution in [-0.4, -0.2) is 35.6 Å². The molecule has 0 aliphatic heterocycles. The van der Waals surface area contributed by atoms with Gasteiger partial charge in [-0.3, -0.25) is 4.99 Å². The van der Waals surface area contributed by atoms with Gasteiger partial charge >= 0.3 is 0 Å². The Morgan fingerprint density at radius 1 is 1.26 bits per heavy atom. The third-order valence-electron chi connectivity index (χ3n) is 3.91. The predicted octanol–water partition coefficient (Wildman–Crippen LogP) is 3.32. The zero-order chi connectivity index (χ0) is 15.9. The summed E-state index contributed by atoms with van der Waals surface area (Å²) in [7, 11) is 1.81. The van der Waals surface area contributed by atoms with Gasteiger partial charge in [0.25, 0.3) is 0 Å². The minimum atomic E-state index is 0. The van der Waals surface area contributed by atoms with Crippen molar-refractivity contribution in [2.45, 2.75) is 39.7 Å². The van der Waals surface area contributed by atoms with Crippen LogP contribution < -0.4 is 10.6 Å². The van der Waals surface area contributed by atoms with Crippen molar-refractivity contribution in [2.24, 2.45) is 10.9 Å². The Hall–Kier alpha value is -1.31. The Labute approximate surface area is 155 Å². The molecule has 1 aromatic carbocycles. The van der Waals surface area contributed by atoms with E-state index in [1.807, 2.05) is 25.2 Å². The number of halogens is 1. The van der Waals surface area contributed by atoms with E-state index in [9.17, 15) is 0 Å². The van der Waals surface area contributed by atoms with E-state index in [-0.39, 0.29) is 24.0 Å². The number of aliphatic imine (C=N–C) groups is 1. The number of aromatic amines is 1. The summed E-state index contributed by atoms with van der Waals surface area (Å²) in [6, 6.07) is 8.54. The third kappa shape index (κ3) is 6.01. The molecule has 0 saturated heterocycles. The number of imidazole rings is 1. The van der Waals surface area contributed by atoms with Gasteiger partial charge in [-0.2, -0.15) is 0 Å². The van der Waals surface area contributed by atoms with Crippen molar-refractivity contribution in [3.63, 3.8) is 0 Å². The number of guanidine groups is 1. The fraction of sp³-hybridized carbons (Fsp3) is 0.529. The van der Waals surface area contributed by atoms with Crippen molar-refractivity contribution in [3.8, 4) is 0 Å². The molecule has 1 heterocycles. The van der Waals surface area contributed by atoms with Crippen molar-refractivity contribution in [1.82, 2.24) is 20.6 Å². The van der Waals surface area contributed by atoms with Gasteiger partial charge in [-0.25, -0.2) is 4.98 Å². The van der Waals surface area contributed by atoms with E-state index in [1.165, 1.54) is 0 Å². The van der Waals surface area contributed by atoms with Crippen molar-refractivity contribution in [2.75, 3.05) is 13.6 Å². The van der Waals surface area contributed by atoms with Crippen molar-refractivity contribution in [3.05, 3.63) is 30.1 Å². The molecule has 1 aromatic heterocycles. The normalized spacial score (nSPS) is 13.0. The van der Waals surface area contributed by atoms with Crippen LogP contribution in [0.4, 0.5) is 0 Å². The van der Waals surface area contributed by atoms with Crippen molar-refractivity contribution in [1.29, 1.82) is 0 Å². The van der Waals surface area contributed by atoms with Gasteiger partial charge in [-0.05, 0) is 31.4 Å². The molecule has 0 radical (unpaired) electrons. The highest BCUT2D eigenvalue weighted by molar-refractivity contribution is 14.0. The summed E-state index contributed by atoms with van der Waals surface area (Å²) in [4.78, 5) is 12.2. The molecule has 23 heavy (non-hydrogen) atoms. The lowest BCUT2D eigenvalue weighted by Crippen LogP contribution is -2.44. The lowest BCUT2D eigenvalue weighted by Gasteiger charge is -2.20. The Balaban J connectivity index is 0.00000264. The number of rotatable bonds is 6. The van der Waals surface area contributed by atoms with E-state index in [1.54, 1.807) is 0 Å². The lowest BCUT2D eigenvalue weighted by molar-refractivity contribution is 0.480. The van der Waals surface area contributed by atoms with Gasteiger partial charge in [0.15, 0.2) is 5.96 Å². The lowest BCUT2D eigenvalue weighted by atomic mass is 10.1. The van der Waals surface area contributed by atoms with Crippen LogP contribution >= 0.6 is 24.0 Å². The highest BCUT2D eigenvalue weighted by Crippen LogP contribution is 2.11. The average molecular weight is 429 g/mol. The molecule has 5 nitrogen and oxygen atoms in total. The number of aryl methyl sites for hydroxylation is 1. The summed E-state index contributed by atoms with van der Waals surface area (Å²) >= 11 is 0. The molecule has 2 rings (SSSR count). The van der Waals surface area contributed by atoms with Crippen LogP contribution in [0.15, 0.2) is 29.3 Å². The summed E-state index contributed by atoms with van der Waals surface area (Å²) in [5.41, 5.74) is 2.14. The summed E-state index contributed by atoms with van der Waals surface area (Å²) in [5, 5.41) is 6.76. The molecule has 0 aliphatic carbocycles. The minimum absolute atomic E-state index is 0. The average Bonchev–Trinajstić information content (AvgIpc) is 2.92. The van der Waals surface area contributed by atoms with Crippen LogP contribution in [-0.2, 0) is 6.42 Å². The number of nitrogens with one attached hydrogen (secondary N) is 3. The summed E-state index contributed by atoms with van der Waals surface area (Å²) in [6.45, 7) is 7.45. The van der Waals surface area contributed by atoms with E-state index in [0.717, 1.165) is 42.2 Å². The Bertz CT molecular complexity index is 587. The molecule has 128 valence electrons. The molecule has 0 bridgehead atoms. The smallest absolute Gasteiger partial charge is 0.191 e. The number of para-hydroxylation sites is 2. The number of hydrogen-bond donors (Lipinski definition) is 3. The highest BCUT2D eigenvalue weighted by Gasteiger charge is 2.08. The van der Waals surface area contributed by atoms with Crippen LogP contribution in [0.2, 0.25) is 0 Å². The van der Waals surface area contributed by atoms with Crippen LogP contribution in [0.25, 0.3) is 11.0 Å². The topological polar surface area (TPSA) is 65.1 Å². The maximum absolute atomic E-state index is 4.59. The molecule has 0 amide bonds. The number of fused-ring (bicyclic) bond motifs is 1. The van der Waals surface area contributed by atoms with E-state index in [0.29, 0.717) is 12.0 Å². The summed E-state index contributed by atoms with van der Waals surface area (Å²) in [5.74, 6) is 2.49. The molecule has 3 N–H and O–H groups in total. The fourth-order valence-electron chi connectivity index (χ4n) is 2.16. The number of benzene rings is 1. The fourth-order valence-corrected chi connectivity index (χ4v) is 2.16. The first kappa shape index (κ1) is 19.7. The molecule has 0 aliphatic rings. The van der Waals surface area contributed by atoms with E-state index in [4.69, 9.17) is 0 Å². The molecule has 0 spiro atoms. The van der Waals surface area contributed by atoms with Gasteiger partial charge in [0.1, 0.15) is 5.82 Å². The minimum Gasteiger partial charge on any atom is -0.356 e. The quantitative estimate of drug-likeness (QED) is 0.286.